The molecule has 1 N–H and O–H groups in total. The van der Waals surface area contributed by atoms with E-state index in [1.165, 1.54) is 0 Å². The van der Waals surface area contributed by atoms with Crippen molar-refractivity contribution in [3.05, 3.63) is 77.3 Å². The van der Waals surface area contributed by atoms with Crippen molar-refractivity contribution in [2.75, 3.05) is 27.2 Å². The number of pyridine rings is 1. The average molecular weight is 418 g/mol. The highest BCUT2D eigenvalue weighted by atomic mass is 16.3. The van der Waals surface area contributed by atoms with Gasteiger partial charge in [0.25, 0.3) is 11.7 Å². The van der Waals surface area contributed by atoms with Crippen LogP contribution < -0.4 is 0 Å². The maximum atomic E-state index is 13.1. The number of amides is 1. The highest BCUT2D eigenvalue weighted by Crippen LogP contribution is 2.39. The third-order valence-corrected chi connectivity index (χ3v) is 5.59. The van der Waals surface area contributed by atoms with Crippen LogP contribution in [0.1, 0.15) is 29.4 Å². The van der Waals surface area contributed by atoms with Crippen LogP contribution >= 0.6 is 0 Å². The number of carbonyl (C=O) groups excluding carboxylic acids is 2. The first-order valence-corrected chi connectivity index (χ1v) is 10.3. The van der Waals surface area contributed by atoms with Crippen LogP contribution in [0.25, 0.3) is 11.4 Å². The van der Waals surface area contributed by atoms with Gasteiger partial charge < -0.3 is 14.9 Å². The van der Waals surface area contributed by atoms with E-state index in [4.69, 9.17) is 0 Å². The van der Waals surface area contributed by atoms with E-state index in [0.717, 1.165) is 18.5 Å². The zero-order valence-corrected chi connectivity index (χ0v) is 17.9. The van der Waals surface area contributed by atoms with Gasteiger partial charge in [-0.15, -0.1) is 0 Å². The Labute approximate surface area is 181 Å². The fraction of sp³-hybridized carbons (Fsp3) is 0.292. The van der Waals surface area contributed by atoms with Gasteiger partial charge in [-0.1, -0.05) is 36.4 Å². The van der Waals surface area contributed by atoms with Crippen LogP contribution in [0.4, 0.5) is 0 Å². The van der Waals surface area contributed by atoms with Gasteiger partial charge in [-0.05, 0) is 51.7 Å². The molecule has 1 aliphatic heterocycles. The molecule has 7 heteroatoms. The van der Waals surface area contributed by atoms with Crippen LogP contribution in [0.5, 0.6) is 0 Å². The molecule has 1 aliphatic rings. The Kier molecular flexibility index (Phi) is 5.61. The molecule has 7 nitrogen and oxygen atoms in total. The highest BCUT2D eigenvalue weighted by Gasteiger charge is 2.46. The summed E-state index contributed by atoms with van der Waals surface area (Å²) in [6, 6.07) is 14.3. The number of nitrogens with zero attached hydrogens (tertiary/aromatic N) is 4. The van der Waals surface area contributed by atoms with Crippen molar-refractivity contribution in [2.45, 2.75) is 19.4 Å². The third-order valence-electron chi connectivity index (χ3n) is 5.59. The van der Waals surface area contributed by atoms with Crippen LogP contribution in [0.3, 0.4) is 0 Å². The minimum absolute atomic E-state index is 0.106. The Morgan fingerprint density at radius 2 is 1.81 bits per heavy atom. The molecule has 0 radical (unpaired) electrons. The van der Waals surface area contributed by atoms with E-state index in [1.807, 2.05) is 67.5 Å². The van der Waals surface area contributed by atoms with E-state index in [2.05, 4.69) is 4.98 Å². The molecule has 3 aromatic rings. The van der Waals surface area contributed by atoms with Gasteiger partial charge in [-0.25, -0.2) is 4.98 Å². The number of imidazole rings is 1. The number of benzene rings is 1. The van der Waals surface area contributed by atoms with Gasteiger partial charge in [0.2, 0.25) is 0 Å². The number of rotatable bonds is 6. The second kappa shape index (κ2) is 8.35. The van der Waals surface area contributed by atoms with E-state index < -0.39 is 17.7 Å². The minimum Gasteiger partial charge on any atom is -0.505 e. The van der Waals surface area contributed by atoms with E-state index in [0.29, 0.717) is 23.6 Å². The predicted molar refractivity (Wildman–Crippen MR) is 119 cm³/mol. The van der Waals surface area contributed by atoms with Gasteiger partial charge in [0.05, 0.1) is 17.3 Å². The van der Waals surface area contributed by atoms with Crippen molar-refractivity contribution in [1.29, 1.82) is 0 Å². The molecule has 0 unspecified atom stereocenters. The van der Waals surface area contributed by atoms with Crippen LogP contribution in [0, 0.1) is 6.92 Å². The van der Waals surface area contributed by atoms with E-state index in [1.54, 1.807) is 22.4 Å². The van der Waals surface area contributed by atoms with Crippen molar-refractivity contribution < 1.29 is 14.7 Å². The van der Waals surface area contributed by atoms with E-state index >= 15 is 0 Å². The lowest BCUT2D eigenvalue weighted by molar-refractivity contribution is -0.139. The number of likely N-dealkylation sites (tertiary alicyclic amines) is 1. The summed E-state index contributed by atoms with van der Waals surface area (Å²) in [7, 11) is 3.94. The lowest BCUT2D eigenvalue weighted by Crippen LogP contribution is -2.32. The molecule has 0 bridgehead atoms. The minimum atomic E-state index is -0.665. The molecule has 1 saturated heterocycles. The van der Waals surface area contributed by atoms with Crippen LogP contribution in [0.15, 0.2) is 60.3 Å². The Morgan fingerprint density at radius 1 is 1.10 bits per heavy atom. The first-order chi connectivity index (χ1) is 14.9. The van der Waals surface area contributed by atoms with Crippen LogP contribution in [-0.2, 0) is 9.59 Å². The summed E-state index contributed by atoms with van der Waals surface area (Å²) >= 11 is 0. The molecule has 1 fully saturated rings. The van der Waals surface area contributed by atoms with Crippen LogP contribution in [-0.4, -0.2) is 63.2 Å². The number of hydrogen-bond acceptors (Lipinski definition) is 5. The number of hydrogen-bond donors (Lipinski definition) is 1. The zero-order chi connectivity index (χ0) is 22.1. The fourth-order valence-corrected chi connectivity index (χ4v) is 4.18. The first-order valence-electron chi connectivity index (χ1n) is 10.3. The predicted octanol–water partition coefficient (Wildman–Crippen LogP) is 3.02. The second-order valence-electron chi connectivity index (χ2n) is 8.03. The molecule has 2 aromatic heterocycles. The Bertz CT molecular complexity index is 1160. The lowest BCUT2D eigenvalue weighted by Gasteiger charge is -2.26. The third kappa shape index (κ3) is 3.72. The van der Waals surface area contributed by atoms with E-state index in [9.17, 15) is 14.7 Å². The van der Waals surface area contributed by atoms with Crippen molar-refractivity contribution in [2.24, 2.45) is 0 Å². The number of ketones is 1. The molecule has 4 rings (SSSR count). The molecule has 1 aromatic carbocycles. The van der Waals surface area contributed by atoms with Gasteiger partial charge in [-0.3, -0.25) is 14.0 Å². The van der Waals surface area contributed by atoms with E-state index in [-0.39, 0.29) is 11.3 Å². The topological polar surface area (TPSA) is 78.1 Å². The molecule has 0 aliphatic carbocycles. The summed E-state index contributed by atoms with van der Waals surface area (Å²) in [5.74, 6) is -1.44. The smallest absolute Gasteiger partial charge is 0.295 e. The summed E-state index contributed by atoms with van der Waals surface area (Å²) in [6.45, 7) is 2.99. The zero-order valence-electron chi connectivity index (χ0n) is 17.9. The molecular weight excluding hydrogens is 392 g/mol. The van der Waals surface area contributed by atoms with Gasteiger partial charge in [0.1, 0.15) is 11.3 Å². The number of aliphatic hydroxyl groups is 1. The van der Waals surface area contributed by atoms with Crippen molar-refractivity contribution >= 4 is 23.1 Å². The van der Waals surface area contributed by atoms with Gasteiger partial charge in [-0.2, -0.15) is 0 Å². The SMILES string of the molecule is Cc1nc2ccccn2c1C(O)=C1C(=O)C(=O)N(CCCN(C)C)[C@H]1c1ccccc1. The standard InChI is InChI=1S/C24H26N4O3/c1-16-20(27-14-8-7-12-18(27)25-16)22(29)19-21(17-10-5-4-6-11-17)28(24(31)23(19)30)15-9-13-26(2)3/h4-8,10-12,14,21,29H,9,13,15H2,1-3H3/t21-/m0/s1. The molecular formula is C24H26N4O3. The number of carbonyl (C=O) groups is 2. The molecule has 1 amide bonds. The van der Waals surface area contributed by atoms with Crippen molar-refractivity contribution in [3.8, 4) is 0 Å². The molecule has 3 heterocycles. The normalized spacial score (nSPS) is 18.5. The Balaban J connectivity index is 1.86. The monoisotopic (exact) mass is 418 g/mol. The molecule has 0 spiro atoms. The summed E-state index contributed by atoms with van der Waals surface area (Å²) in [6.07, 6.45) is 2.51. The average Bonchev–Trinajstić information content (AvgIpc) is 3.22. The summed E-state index contributed by atoms with van der Waals surface area (Å²) in [5, 5.41) is 11.4. The molecule has 31 heavy (non-hydrogen) atoms. The molecule has 0 saturated carbocycles. The van der Waals surface area contributed by atoms with Crippen molar-refractivity contribution in [3.63, 3.8) is 0 Å². The molecule has 160 valence electrons. The Morgan fingerprint density at radius 3 is 2.52 bits per heavy atom. The number of aromatic nitrogens is 2. The number of aryl methyl sites for hydroxylation is 1. The maximum Gasteiger partial charge on any atom is 0.295 e. The lowest BCUT2D eigenvalue weighted by atomic mass is 9.96. The summed E-state index contributed by atoms with van der Waals surface area (Å²) < 4.78 is 1.74. The first kappa shape index (κ1) is 20.8. The van der Waals surface area contributed by atoms with Gasteiger partial charge in [0, 0.05) is 12.7 Å². The van der Waals surface area contributed by atoms with Crippen molar-refractivity contribution in [1.82, 2.24) is 19.2 Å². The number of Topliss-reactive ketones (excluding diaryl/α,β-unsaturated/α-hetero) is 1. The fourth-order valence-electron chi connectivity index (χ4n) is 4.18. The van der Waals surface area contributed by atoms with Crippen LogP contribution in [0.2, 0.25) is 0 Å². The quantitative estimate of drug-likeness (QED) is 0.378. The number of fused-ring (bicyclic) bond motifs is 1. The number of aliphatic hydroxyl groups excluding tert-OH is 1. The van der Waals surface area contributed by atoms with Gasteiger partial charge >= 0.3 is 0 Å². The molecule has 1 atom stereocenters. The largest absolute Gasteiger partial charge is 0.505 e. The second-order valence-corrected chi connectivity index (χ2v) is 8.03. The summed E-state index contributed by atoms with van der Waals surface area (Å²) in [5.41, 5.74) is 2.59. The maximum absolute atomic E-state index is 13.1. The summed E-state index contributed by atoms with van der Waals surface area (Å²) in [4.78, 5) is 34.2. The Hall–Kier alpha value is -3.45. The highest BCUT2D eigenvalue weighted by molar-refractivity contribution is 6.46. The van der Waals surface area contributed by atoms with Gasteiger partial charge in [0.15, 0.2) is 5.76 Å².